The maximum atomic E-state index is 6.34. The van der Waals surface area contributed by atoms with E-state index in [1.807, 2.05) is 29.6 Å². The van der Waals surface area contributed by atoms with Crippen molar-refractivity contribution in [2.75, 3.05) is 25.1 Å². The van der Waals surface area contributed by atoms with Gasteiger partial charge >= 0.3 is 0 Å². The summed E-state index contributed by atoms with van der Waals surface area (Å²) in [6.45, 7) is 6.13. The first-order chi connectivity index (χ1) is 11.2. The van der Waals surface area contributed by atoms with Crippen molar-refractivity contribution >= 4 is 38.8 Å². The minimum absolute atomic E-state index is 0.484. The van der Waals surface area contributed by atoms with Gasteiger partial charge in [0.2, 0.25) is 0 Å². The van der Waals surface area contributed by atoms with Gasteiger partial charge in [-0.05, 0) is 43.5 Å². The number of hydrogen-bond acceptors (Lipinski definition) is 5. The third kappa shape index (κ3) is 3.12. The van der Waals surface area contributed by atoms with E-state index in [-0.39, 0.29) is 0 Å². The molecule has 0 amide bonds. The predicted molar refractivity (Wildman–Crippen MR) is 98.0 cm³/mol. The number of rotatable bonds is 5. The number of aromatic nitrogens is 2. The van der Waals surface area contributed by atoms with Crippen molar-refractivity contribution in [1.29, 1.82) is 0 Å². The van der Waals surface area contributed by atoms with Gasteiger partial charge in [-0.3, -0.25) is 0 Å². The number of pyridine rings is 1. The number of hydrogen-bond donors (Lipinski definition) is 0. The van der Waals surface area contributed by atoms with Crippen LogP contribution >= 0.6 is 22.9 Å². The zero-order valence-electron chi connectivity index (χ0n) is 13.3. The summed E-state index contributed by atoms with van der Waals surface area (Å²) in [5, 5.41) is 5.43. The molecule has 0 bridgehead atoms. The monoisotopic (exact) mass is 347 g/mol. The molecule has 3 rings (SSSR count). The van der Waals surface area contributed by atoms with E-state index in [0.29, 0.717) is 5.15 Å². The second-order valence-corrected chi connectivity index (χ2v) is 6.27. The SMILES string of the molecule is CCN(CC)c1nc(-c2cc3cc(OC)ccc3c(Cl)n2)cs1. The molecule has 1 aromatic carbocycles. The Hall–Kier alpha value is -1.85. The number of ether oxygens (including phenoxy) is 1. The third-order valence-electron chi connectivity index (χ3n) is 3.78. The first kappa shape index (κ1) is 16.0. The van der Waals surface area contributed by atoms with E-state index in [0.717, 1.165) is 46.1 Å². The highest BCUT2D eigenvalue weighted by molar-refractivity contribution is 7.14. The molecule has 0 unspecified atom stereocenters. The molecule has 2 aromatic heterocycles. The number of halogens is 1. The van der Waals surface area contributed by atoms with Crippen LogP contribution in [0.25, 0.3) is 22.2 Å². The highest BCUT2D eigenvalue weighted by Gasteiger charge is 2.12. The minimum Gasteiger partial charge on any atom is -0.497 e. The zero-order valence-corrected chi connectivity index (χ0v) is 14.9. The molecule has 23 heavy (non-hydrogen) atoms. The molecular formula is C17H18ClN3OS. The van der Waals surface area contributed by atoms with Crippen molar-refractivity contribution in [3.05, 3.63) is 34.8 Å². The summed E-state index contributed by atoms with van der Waals surface area (Å²) in [7, 11) is 1.65. The van der Waals surface area contributed by atoms with Crippen LogP contribution in [0.2, 0.25) is 5.15 Å². The number of nitrogens with zero attached hydrogens (tertiary/aromatic N) is 3. The molecule has 0 fully saturated rings. The highest BCUT2D eigenvalue weighted by Crippen LogP contribution is 2.32. The van der Waals surface area contributed by atoms with Crippen molar-refractivity contribution in [2.45, 2.75) is 13.8 Å². The molecular weight excluding hydrogens is 330 g/mol. The van der Waals surface area contributed by atoms with E-state index in [2.05, 4.69) is 23.7 Å². The van der Waals surface area contributed by atoms with Crippen LogP contribution in [0.4, 0.5) is 5.13 Å². The fraction of sp³-hybridized carbons (Fsp3) is 0.294. The largest absolute Gasteiger partial charge is 0.497 e. The standard InChI is InChI=1S/C17H18ClN3OS/c1-4-21(5-2)17-20-15(10-23-17)14-9-11-8-12(22-3)6-7-13(11)16(18)19-14/h6-10H,4-5H2,1-3H3. The molecule has 3 aromatic rings. The van der Waals surface area contributed by atoms with Crippen LogP contribution in [0.3, 0.4) is 0 Å². The van der Waals surface area contributed by atoms with E-state index in [4.69, 9.17) is 21.3 Å². The van der Waals surface area contributed by atoms with E-state index in [9.17, 15) is 0 Å². The highest BCUT2D eigenvalue weighted by atomic mass is 35.5. The van der Waals surface area contributed by atoms with Crippen molar-refractivity contribution in [3.8, 4) is 17.1 Å². The molecule has 0 saturated carbocycles. The van der Waals surface area contributed by atoms with Gasteiger partial charge in [-0.15, -0.1) is 11.3 Å². The second-order valence-electron chi connectivity index (χ2n) is 5.07. The van der Waals surface area contributed by atoms with Gasteiger partial charge in [0.25, 0.3) is 0 Å². The third-order valence-corrected chi connectivity index (χ3v) is 4.97. The van der Waals surface area contributed by atoms with E-state index >= 15 is 0 Å². The summed E-state index contributed by atoms with van der Waals surface area (Å²) in [5.41, 5.74) is 1.63. The topological polar surface area (TPSA) is 38.2 Å². The second kappa shape index (κ2) is 6.72. The maximum Gasteiger partial charge on any atom is 0.185 e. The van der Waals surface area contributed by atoms with Gasteiger partial charge in [0.1, 0.15) is 16.6 Å². The molecule has 6 heteroatoms. The summed E-state index contributed by atoms with van der Waals surface area (Å²) in [4.78, 5) is 11.4. The Bertz CT molecular complexity index is 830. The van der Waals surface area contributed by atoms with Crippen LogP contribution in [0, 0.1) is 0 Å². The van der Waals surface area contributed by atoms with Gasteiger partial charge in [0, 0.05) is 23.9 Å². The molecule has 0 spiro atoms. The first-order valence-corrected chi connectivity index (χ1v) is 8.77. The smallest absolute Gasteiger partial charge is 0.185 e. The van der Waals surface area contributed by atoms with Crippen LogP contribution in [-0.2, 0) is 0 Å². The summed E-state index contributed by atoms with van der Waals surface area (Å²) >= 11 is 7.97. The lowest BCUT2D eigenvalue weighted by molar-refractivity contribution is 0.415. The van der Waals surface area contributed by atoms with Crippen LogP contribution in [-0.4, -0.2) is 30.2 Å². The number of anilines is 1. The fourth-order valence-electron chi connectivity index (χ4n) is 2.47. The van der Waals surface area contributed by atoms with Gasteiger partial charge in [0.15, 0.2) is 5.13 Å². The van der Waals surface area contributed by atoms with Gasteiger partial charge in [-0.2, -0.15) is 0 Å². The molecule has 0 aliphatic heterocycles. The zero-order chi connectivity index (χ0) is 16.4. The van der Waals surface area contributed by atoms with Crippen LogP contribution in [0.1, 0.15) is 13.8 Å². The lowest BCUT2D eigenvalue weighted by Crippen LogP contribution is -2.21. The Morgan fingerprint density at radius 2 is 1.91 bits per heavy atom. The number of methoxy groups -OCH3 is 1. The summed E-state index contributed by atoms with van der Waals surface area (Å²) in [6.07, 6.45) is 0. The molecule has 0 saturated heterocycles. The van der Waals surface area contributed by atoms with Crippen LogP contribution in [0.5, 0.6) is 5.75 Å². The van der Waals surface area contributed by atoms with Gasteiger partial charge in [-0.25, -0.2) is 9.97 Å². The van der Waals surface area contributed by atoms with Gasteiger partial charge in [-0.1, -0.05) is 11.6 Å². The van der Waals surface area contributed by atoms with Crippen molar-refractivity contribution in [2.24, 2.45) is 0 Å². The number of thiazole rings is 1. The van der Waals surface area contributed by atoms with Gasteiger partial charge in [0.05, 0.1) is 12.8 Å². The average molecular weight is 348 g/mol. The molecule has 0 radical (unpaired) electrons. The Labute approximate surface area is 144 Å². The quantitative estimate of drug-likeness (QED) is 0.617. The molecule has 0 N–H and O–H groups in total. The molecule has 0 aliphatic carbocycles. The number of benzene rings is 1. The first-order valence-electron chi connectivity index (χ1n) is 7.51. The lowest BCUT2D eigenvalue weighted by atomic mass is 10.1. The minimum atomic E-state index is 0.484. The normalized spacial score (nSPS) is 11.0. The van der Waals surface area contributed by atoms with Gasteiger partial charge < -0.3 is 9.64 Å². The number of fused-ring (bicyclic) bond motifs is 1. The van der Waals surface area contributed by atoms with Crippen LogP contribution < -0.4 is 9.64 Å². The van der Waals surface area contributed by atoms with E-state index in [1.54, 1.807) is 18.4 Å². The summed E-state index contributed by atoms with van der Waals surface area (Å²) < 4.78 is 5.29. The average Bonchev–Trinajstić information content (AvgIpc) is 3.05. The van der Waals surface area contributed by atoms with Crippen molar-refractivity contribution in [3.63, 3.8) is 0 Å². The molecule has 2 heterocycles. The molecule has 0 aliphatic rings. The Morgan fingerprint density at radius 1 is 1.13 bits per heavy atom. The lowest BCUT2D eigenvalue weighted by Gasteiger charge is -2.16. The molecule has 120 valence electrons. The van der Waals surface area contributed by atoms with E-state index in [1.165, 1.54) is 0 Å². The summed E-state index contributed by atoms with van der Waals surface area (Å²) in [5.74, 6) is 0.799. The van der Waals surface area contributed by atoms with Crippen molar-refractivity contribution < 1.29 is 4.74 Å². The fourth-order valence-corrected chi connectivity index (χ4v) is 3.69. The Kier molecular flexibility index (Phi) is 4.68. The summed E-state index contributed by atoms with van der Waals surface area (Å²) in [6, 6.07) is 7.78. The molecule has 0 atom stereocenters. The Balaban J connectivity index is 2.06. The molecule has 4 nitrogen and oxygen atoms in total. The van der Waals surface area contributed by atoms with Crippen molar-refractivity contribution in [1.82, 2.24) is 9.97 Å². The maximum absolute atomic E-state index is 6.34. The van der Waals surface area contributed by atoms with E-state index < -0.39 is 0 Å². The predicted octanol–water partition coefficient (Wildman–Crippen LogP) is 4.87. The van der Waals surface area contributed by atoms with Crippen LogP contribution in [0.15, 0.2) is 29.6 Å². The Morgan fingerprint density at radius 3 is 2.61 bits per heavy atom.